The maximum Gasteiger partial charge on any atom is 0.157 e. The molecule has 10 heavy (non-hydrogen) atoms. The summed E-state index contributed by atoms with van der Waals surface area (Å²) in [5.74, 6) is 0. The highest BCUT2D eigenvalue weighted by molar-refractivity contribution is 9.18. The van der Waals surface area contributed by atoms with E-state index in [2.05, 4.69) is 26.4 Å². The van der Waals surface area contributed by atoms with Crippen LogP contribution in [0.2, 0.25) is 0 Å². The Morgan fingerprint density at radius 2 is 2.60 bits per heavy atom. The van der Waals surface area contributed by atoms with E-state index in [0.29, 0.717) is 0 Å². The molecule has 3 nitrogen and oxygen atoms in total. The number of nitrogens with zero attached hydrogens (tertiary/aromatic N) is 1. The highest BCUT2D eigenvalue weighted by Crippen LogP contribution is 2.31. The molecule has 4 heteroatoms. The molecule has 1 fully saturated rings. The van der Waals surface area contributed by atoms with Gasteiger partial charge in [-0.2, -0.15) is 0 Å². The van der Waals surface area contributed by atoms with Crippen molar-refractivity contribution >= 4 is 20.6 Å². The molecular formula is C6H9BrN2O. The second kappa shape index (κ2) is 2.20. The van der Waals surface area contributed by atoms with Gasteiger partial charge in [0, 0.05) is 19.4 Å². The Morgan fingerprint density at radius 1 is 1.70 bits per heavy atom. The zero-order valence-corrected chi connectivity index (χ0v) is 7.15. The Balaban J connectivity index is 2.07. The van der Waals surface area contributed by atoms with Crippen LogP contribution < -0.4 is 5.32 Å². The van der Waals surface area contributed by atoms with E-state index < -0.39 is 0 Å². The summed E-state index contributed by atoms with van der Waals surface area (Å²) >= 11 is 3.32. The normalized spacial score (nSPS) is 38.3. The van der Waals surface area contributed by atoms with E-state index >= 15 is 0 Å². The smallest absolute Gasteiger partial charge is 0.157 e. The Labute approximate surface area is 67.9 Å². The SMILES string of the molecule is BrC1=NOC2(CCNC2)C1. The van der Waals surface area contributed by atoms with Gasteiger partial charge < -0.3 is 10.2 Å². The van der Waals surface area contributed by atoms with Gasteiger partial charge >= 0.3 is 0 Å². The molecule has 2 heterocycles. The highest BCUT2D eigenvalue weighted by Gasteiger charge is 2.41. The summed E-state index contributed by atoms with van der Waals surface area (Å²) in [6.07, 6.45) is 2.01. The predicted molar refractivity (Wildman–Crippen MR) is 42.3 cm³/mol. The van der Waals surface area contributed by atoms with Crippen molar-refractivity contribution in [2.24, 2.45) is 5.16 Å². The van der Waals surface area contributed by atoms with Crippen LogP contribution in [0.3, 0.4) is 0 Å². The van der Waals surface area contributed by atoms with Crippen LogP contribution in [0.25, 0.3) is 0 Å². The van der Waals surface area contributed by atoms with Gasteiger partial charge in [0.05, 0.1) is 0 Å². The Bertz CT molecular complexity index is 175. The summed E-state index contributed by atoms with van der Waals surface area (Å²) in [5, 5.41) is 7.12. The van der Waals surface area contributed by atoms with Crippen molar-refractivity contribution in [3.8, 4) is 0 Å². The summed E-state index contributed by atoms with van der Waals surface area (Å²) in [6, 6.07) is 0. The van der Waals surface area contributed by atoms with Gasteiger partial charge in [0.25, 0.3) is 0 Å². The van der Waals surface area contributed by atoms with Gasteiger partial charge in [-0.3, -0.25) is 0 Å². The van der Waals surface area contributed by atoms with Gasteiger partial charge in [-0.25, -0.2) is 0 Å². The van der Waals surface area contributed by atoms with Crippen LogP contribution in [-0.4, -0.2) is 23.3 Å². The summed E-state index contributed by atoms with van der Waals surface area (Å²) in [5.41, 5.74) is -0.00116. The number of oxime groups is 1. The van der Waals surface area contributed by atoms with Crippen molar-refractivity contribution < 1.29 is 4.84 Å². The summed E-state index contributed by atoms with van der Waals surface area (Å²) in [4.78, 5) is 5.29. The summed E-state index contributed by atoms with van der Waals surface area (Å²) in [7, 11) is 0. The average molecular weight is 205 g/mol. The molecule has 2 aliphatic rings. The fraction of sp³-hybridized carbons (Fsp3) is 0.833. The van der Waals surface area contributed by atoms with Crippen molar-refractivity contribution in [3.05, 3.63) is 0 Å². The molecule has 0 aromatic rings. The molecule has 0 radical (unpaired) electrons. The monoisotopic (exact) mass is 204 g/mol. The number of nitrogens with one attached hydrogen (secondary N) is 1. The van der Waals surface area contributed by atoms with E-state index in [0.717, 1.165) is 30.6 Å². The van der Waals surface area contributed by atoms with Gasteiger partial charge in [-0.1, -0.05) is 5.16 Å². The zero-order valence-electron chi connectivity index (χ0n) is 5.56. The average Bonchev–Trinajstić information content (AvgIpc) is 2.46. The number of rotatable bonds is 0. The number of hydrogen-bond donors (Lipinski definition) is 1. The first-order chi connectivity index (χ1) is 4.81. The van der Waals surface area contributed by atoms with Crippen LogP contribution in [0, 0.1) is 0 Å². The molecule has 1 atom stereocenters. The molecule has 56 valence electrons. The van der Waals surface area contributed by atoms with Crippen LogP contribution in [0.4, 0.5) is 0 Å². The first kappa shape index (κ1) is 6.61. The first-order valence-corrected chi connectivity index (χ1v) is 4.21. The predicted octanol–water partition coefficient (Wildman–Crippen LogP) is 0.847. The molecule has 0 aromatic carbocycles. The number of hydrogen-bond acceptors (Lipinski definition) is 3. The first-order valence-electron chi connectivity index (χ1n) is 3.42. The van der Waals surface area contributed by atoms with Gasteiger partial charge in [0.1, 0.15) is 4.62 Å². The van der Waals surface area contributed by atoms with Gasteiger partial charge in [-0.05, 0) is 22.5 Å². The maximum absolute atomic E-state index is 5.29. The molecule has 1 N–H and O–H groups in total. The molecule has 0 bridgehead atoms. The zero-order chi connectivity index (χ0) is 7.03. The lowest BCUT2D eigenvalue weighted by Crippen LogP contribution is -2.30. The van der Waals surface area contributed by atoms with Crippen LogP contribution >= 0.6 is 15.9 Å². The third-order valence-electron chi connectivity index (χ3n) is 2.01. The fourth-order valence-corrected chi connectivity index (χ4v) is 2.01. The van der Waals surface area contributed by atoms with Crippen molar-refractivity contribution in [2.45, 2.75) is 18.4 Å². The minimum Gasteiger partial charge on any atom is -0.387 e. The van der Waals surface area contributed by atoms with E-state index in [1.165, 1.54) is 0 Å². The van der Waals surface area contributed by atoms with Crippen molar-refractivity contribution in [1.29, 1.82) is 0 Å². The van der Waals surface area contributed by atoms with E-state index in [1.807, 2.05) is 0 Å². The Morgan fingerprint density at radius 3 is 3.10 bits per heavy atom. The molecule has 1 unspecified atom stereocenters. The van der Waals surface area contributed by atoms with Gasteiger partial charge in [-0.15, -0.1) is 0 Å². The van der Waals surface area contributed by atoms with Crippen molar-refractivity contribution in [1.82, 2.24) is 5.32 Å². The Kier molecular flexibility index (Phi) is 1.46. The van der Waals surface area contributed by atoms with Crippen molar-refractivity contribution in [3.63, 3.8) is 0 Å². The lowest BCUT2D eigenvalue weighted by atomic mass is 10.0. The Hall–Kier alpha value is -0.0900. The molecule has 2 aliphatic heterocycles. The molecule has 0 saturated carbocycles. The quantitative estimate of drug-likeness (QED) is 0.635. The van der Waals surface area contributed by atoms with Crippen molar-refractivity contribution in [2.75, 3.05) is 13.1 Å². The maximum atomic E-state index is 5.29. The molecule has 0 aromatic heterocycles. The van der Waals surface area contributed by atoms with Crippen LogP contribution in [0.5, 0.6) is 0 Å². The minimum absolute atomic E-state index is 0.00116. The van der Waals surface area contributed by atoms with E-state index in [1.54, 1.807) is 0 Å². The summed E-state index contributed by atoms with van der Waals surface area (Å²) < 4.78 is 0.941. The van der Waals surface area contributed by atoms with E-state index in [9.17, 15) is 0 Å². The third-order valence-corrected chi connectivity index (χ3v) is 2.44. The molecule has 1 saturated heterocycles. The second-order valence-electron chi connectivity index (χ2n) is 2.85. The highest BCUT2D eigenvalue weighted by atomic mass is 79.9. The lowest BCUT2D eigenvalue weighted by Gasteiger charge is -2.17. The lowest BCUT2D eigenvalue weighted by molar-refractivity contribution is -0.00190. The molecule has 2 rings (SSSR count). The largest absolute Gasteiger partial charge is 0.387 e. The number of halogens is 1. The van der Waals surface area contributed by atoms with Gasteiger partial charge in [0.2, 0.25) is 0 Å². The van der Waals surface area contributed by atoms with Crippen LogP contribution in [0.1, 0.15) is 12.8 Å². The standard InChI is InChI=1S/C6H9BrN2O/c7-5-3-6(10-9-5)1-2-8-4-6/h8H,1-4H2. The molecule has 0 amide bonds. The second-order valence-corrected chi connectivity index (χ2v) is 3.76. The molecular weight excluding hydrogens is 196 g/mol. The summed E-state index contributed by atoms with van der Waals surface area (Å²) in [6.45, 7) is 1.99. The fourth-order valence-electron chi connectivity index (χ4n) is 1.43. The van der Waals surface area contributed by atoms with Crippen LogP contribution in [0.15, 0.2) is 5.16 Å². The third kappa shape index (κ3) is 0.953. The van der Waals surface area contributed by atoms with Crippen LogP contribution in [-0.2, 0) is 4.84 Å². The van der Waals surface area contributed by atoms with E-state index in [-0.39, 0.29) is 5.60 Å². The topological polar surface area (TPSA) is 33.6 Å². The van der Waals surface area contributed by atoms with Gasteiger partial charge in [0.15, 0.2) is 5.60 Å². The van der Waals surface area contributed by atoms with E-state index in [4.69, 9.17) is 4.84 Å². The molecule has 0 aliphatic carbocycles. The molecule has 1 spiro atoms. The minimum atomic E-state index is -0.00116.